The number of hydrogen-bond donors (Lipinski definition) is 0. The number of alkyl halides is 2. The zero-order chi connectivity index (χ0) is 20.4. The maximum Gasteiger partial charge on any atom is 0.314 e. The molecular weight excluding hydrogens is 385 g/mol. The Balaban J connectivity index is 1.65. The van der Waals surface area contributed by atoms with E-state index in [0.717, 1.165) is 0 Å². The average molecular weight is 396 g/mol. The molecule has 0 bridgehead atoms. The molecule has 0 fully saturated rings. The molecule has 10 heteroatoms. The van der Waals surface area contributed by atoms with Crippen LogP contribution in [0.3, 0.4) is 0 Å². The van der Waals surface area contributed by atoms with E-state index in [-0.39, 0.29) is 11.5 Å². The van der Waals surface area contributed by atoms with E-state index >= 15 is 0 Å². The second-order valence-electron chi connectivity index (χ2n) is 5.98. The average Bonchev–Trinajstić information content (AvgIpc) is 3.39. The standard InChI is InChI=1S/C19H11F3N6O/c20-14-2-1-11(7-13(14)9-23)10-28-6-5-25-17(28)15-8-12(3-4-24-15)18-26-27-19(29-18)16(21)22/h1-8,16H,10H2. The van der Waals surface area contributed by atoms with Crippen LogP contribution in [0.2, 0.25) is 0 Å². The van der Waals surface area contributed by atoms with Gasteiger partial charge in [-0.15, -0.1) is 10.2 Å². The van der Waals surface area contributed by atoms with E-state index < -0.39 is 18.1 Å². The second kappa shape index (κ2) is 7.55. The summed E-state index contributed by atoms with van der Waals surface area (Å²) in [7, 11) is 0. The molecule has 0 radical (unpaired) electrons. The summed E-state index contributed by atoms with van der Waals surface area (Å²) >= 11 is 0. The van der Waals surface area contributed by atoms with Crippen LogP contribution in [0.15, 0.2) is 53.3 Å². The van der Waals surface area contributed by atoms with Gasteiger partial charge >= 0.3 is 6.43 Å². The summed E-state index contributed by atoms with van der Waals surface area (Å²) in [6, 6.07) is 9.23. The minimum atomic E-state index is -2.86. The lowest BCUT2D eigenvalue weighted by molar-refractivity contribution is 0.116. The van der Waals surface area contributed by atoms with Crippen molar-refractivity contribution >= 4 is 0 Å². The van der Waals surface area contributed by atoms with Gasteiger partial charge in [0, 0.05) is 30.7 Å². The highest BCUT2D eigenvalue weighted by Gasteiger charge is 2.18. The van der Waals surface area contributed by atoms with Crippen LogP contribution in [0.5, 0.6) is 0 Å². The molecule has 0 spiro atoms. The fourth-order valence-corrected chi connectivity index (χ4v) is 2.75. The van der Waals surface area contributed by atoms with Gasteiger partial charge in [0.2, 0.25) is 5.89 Å². The molecule has 4 aromatic rings. The Hall–Kier alpha value is -4.00. The molecule has 0 aliphatic carbocycles. The summed E-state index contributed by atoms with van der Waals surface area (Å²) in [5.41, 5.74) is 1.52. The van der Waals surface area contributed by atoms with Gasteiger partial charge in [-0.25, -0.2) is 9.37 Å². The van der Waals surface area contributed by atoms with Crippen LogP contribution in [0, 0.1) is 17.1 Å². The van der Waals surface area contributed by atoms with Crippen LogP contribution in [0.25, 0.3) is 23.0 Å². The summed E-state index contributed by atoms with van der Waals surface area (Å²) in [4.78, 5) is 8.55. The van der Waals surface area contributed by atoms with E-state index in [4.69, 9.17) is 9.68 Å². The largest absolute Gasteiger partial charge is 0.415 e. The van der Waals surface area contributed by atoms with Gasteiger partial charge in [0.1, 0.15) is 17.6 Å². The minimum Gasteiger partial charge on any atom is -0.415 e. The predicted molar refractivity (Wildman–Crippen MR) is 93.9 cm³/mol. The summed E-state index contributed by atoms with van der Waals surface area (Å²) in [6.07, 6.45) is 1.90. The van der Waals surface area contributed by atoms with Gasteiger partial charge in [0.15, 0.2) is 5.82 Å². The Kier molecular flexibility index (Phi) is 4.78. The van der Waals surface area contributed by atoms with E-state index in [1.807, 2.05) is 6.07 Å². The van der Waals surface area contributed by atoms with Crippen molar-refractivity contribution in [1.29, 1.82) is 5.26 Å². The molecule has 0 unspecified atom stereocenters. The van der Waals surface area contributed by atoms with Crippen LogP contribution < -0.4 is 0 Å². The summed E-state index contributed by atoms with van der Waals surface area (Å²) in [5, 5.41) is 15.9. The zero-order valence-corrected chi connectivity index (χ0v) is 14.6. The highest BCUT2D eigenvalue weighted by Crippen LogP contribution is 2.26. The van der Waals surface area contributed by atoms with Crippen molar-refractivity contribution in [2.24, 2.45) is 0 Å². The minimum absolute atomic E-state index is 0.0458. The number of aromatic nitrogens is 5. The van der Waals surface area contributed by atoms with Crippen molar-refractivity contribution in [2.45, 2.75) is 13.0 Å². The highest BCUT2D eigenvalue weighted by molar-refractivity contribution is 5.61. The van der Waals surface area contributed by atoms with Crippen molar-refractivity contribution in [3.8, 4) is 29.0 Å². The Morgan fingerprint density at radius 1 is 1.10 bits per heavy atom. The van der Waals surface area contributed by atoms with Gasteiger partial charge in [0.25, 0.3) is 5.89 Å². The molecule has 0 N–H and O–H groups in total. The lowest BCUT2D eigenvalue weighted by atomic mass is 10.1. The third-order valence-electron chi connectivity index (χ3n) is 4.08. The highest BCUT2D eigenvalue weighted by atomic mass is 19.3. The Labute approximate surface area is 162 Å². The lowest BCUT2D eigenvalue weighted by Gasteiger charge is -2.09. The molecule has 0 aliphatic rings. The Morgan fingerprint density at radius 2 is 1.97 bits per heavy atom. The molecule has 0 aliphatic heterocycles. The maximum absolute atomic E-state index is 13.5. The molecule has 4 rings (SSSR count). The quantitative estimate of drug-likeness (QED) is 0.506. The number of nitriles is 1. The van der Waals surface area contributed by atoms with E-state index in [0.29, 0.717) is 29.2 Å². The first kappa shape index (κ1) is 18.4. The first-order valence-corrected chi connectivity index (χ1v) is 8.33. The van der Waals surface area contributed by atoms with E-state index in [1.54, 1.807) is 35.2 Å². The fraction of sp³-hybridized carbons (Fsp3) is 0.105. The molecule has 3 heterocycles. The smallest absolute Gasteiger partial charge is 0.314 e. The zero-order valence-electron chi connectivity index (χ0n) is 14.6. The van der Waals surface area contributed by atoms with Crippen LogP contribution in [-0.4, -0.2) is 24.7 Å². The first-order valence-electron chi connectivity index (χ1n) is 8.33. The van der Waals surface area contributed by atoms with Crippen molar-refractivity contribution < 1.29 is 17.6 Å². The second-order valence-corrected chi connectivity index (χ2v) is 5.98. The number of nitrogens with zero attached hydrogens (tertiary/aromatic N) is 6. The normalized spacial score (nSPS) is 11.0. The lowest BCUT2D eigenvalue weighted by Crippen LogP contribution is -2.03. The topological polar surface area (TPSA) is 93.4 Å². The van der Waals surface area contributed by atoms with Gasteiger partial charge in [-0.3, -0.25) is 4.98 Å². The third-order valence-corrected chi connectivity index (χ3v) is 4.08. The van der Waals surface area contributed by atoms with Crippen molar-refractivity contribution in [1.82, 2.24) is 24.7 Å². The Bertz CT molecular complexity index is 1210. The molecule has 3 aromatic heterocycles. The van der Waals surface area contributed by atoms with Gasteiger partial charge < -0.3 is 8.98 Å². The molecule has 1 aromatic carbocycles. The van der Waals surface area contributed by atoms with Crippen LogP contribution in [0.1, 0.15) is 23.4 Å². The van der Waals surface area contributed by atoms with Gasteiger partial charge in [-0.1, -0.05) is 6.07 Å². The SMILES string of the molecule is N#Cc1cc(Cn2ccnc2-c2cc(-c3nnc(C(F)F)o3)ccn2)ccc1F. The first-order chi connectivity index (χ1) is 14.0. The molecule has 7 nitrogen and oxygen atoms in total. The summed E-state index contributed by atoms with van der Waals surface area (Å²) < 4.78 is 45.6. The van der Waals surface area contributed by atoms with E-state index in [1.165, 1.54) is 18.3 Å². The number of imidazole rings is 1. The van der Waals surface area contributed by atoms with Crippen LogP contribution >= 0.6 is 0 Å². The van der Waals surface area contributed by atoms with Crippen LogP contribution in [0.4, 0.5) is 13.2 Å². The van der Waals surface area contributed by atoms with Gasteiger partial charge in [0.05, 0.1) is 5.56 Å². The molecule has 0 saturated carbocycles. The number of rotatable bonds is 5. The predicted octanol–water partition coefficient (Wildman–Crippen LogP) is 3.99. The van der Waals surface area contributed by atoms with Crippen molar-refractivity contribution in [3.63, 3.8) is 0 Å². The number of benzene rings is 1. The number of pyridine rings is 1. The molecule has 29 heavy (non-hydrogen) atoms. The number of halogens is 3. The molecule has 0 saturated heterocycles. The summed E-state index contributed by atoms with van der Waals surface area (Å²) in [6.45, 7) is 0.326. The van der Waals surface area contributed by atoms with Crippen molar-refractivity contribution in [3.05, 3.63) is 71.8 Å². The van der Waals surface area contributed by atoms with E-state index in [2.05, 4.69) is 20.2 Å². The van der Waals surface area contributed by atoms with Gasteiger partial charge in [-0.2, -0.15) is 14.0 Å². The van der Waals surface area contributed by atoms with E-state index in [9.17, 15) is 13.2 Å². The number of hydrogen-bond acceptors (Lipinski definition) is 6. The molecule has 144 valence electrons. The fourth-order valence-electron chi connectivity index (χ4n) is 2.75. The maximum atomic E-state index is 13.5. The monoisotopic (exact) mass is 396 g/mol. The molecular formula is C19H11F3N6O. The van der Waals surface area contributed by atoms with Gasteiger partial charge in [-0.05, 0) is 29.8 Å². The summed E-state index contributed by atoms with van der Waals surface area (Å²) in [5.74, 6) is -0.911. The third kappa shape index (κ3) is 3.70. The molecule has 0 amide bonds. The van der Waals surface area contributed by atoms with Crippen molar-refractivity contribution in [2.75, 3.05) is 0 Å². The molecule has 0 atom stereocenters. The Morgan fingerprint density at radius 3 is 2.72 bits per heavy atom. The van der Waals surface area contributed by atoms with Crippen LogP contribution in [-0.2, 0) is 6.54 Å².